The fourth-order valence-corrected chi connectivity index (χ4v) is 11.2. The number of rotatable bonds is 35. The van der Waals surface area contributed by atoms with Crippen LogP contribution < -0.4 is 58.7 Å². The number of fused-ring (bicyclic) bond motifs is 2. The Balaban J connectivity index is 0.0000150. The van der Waals surface area contributed by atoms with Crippen LogP contribution in [0.25, 0.3) is 21.8 Å². The zero-order valence-corrected chi connectivity index (χ0v) is 54.6. The van der Waals surface area contributed by atoms with Gasteiger partial charge in [0.15, 0.2) is 0 Å². The van der Waals surface area contributed by atoms with E-state index < -0.39 is 121 Å². The summed E-state index contributed by atoms with van der Waals surface area (Å²) in [7, 11) is 0. The minimum absolute atomic E-state index is 0. The number of nitrogens with zero attached hydrogens (tertiary/aromatic N) is 3. The van der Waals surface area contributed by atoms with Gasteiger partial charge in [-0.2, -0.15) is 0 Å². The van der Waals surface area contributed by atoms with E-state index in [1.54, 1.807) is 48.8 Å². The minimum atomic E-state index is -1.54. The maximum atomic E-state index is 15.2. The van der Waals surface area contributed by atoms with Crippen LogP contribution >= 0.6 is 0 Å². The number of aromatic nitrogens is 2. The number of hydrogen-bond donors (Lipinski definition) is 10. The van der Waals surface area contributed by atoms with Gasteiger partial charge in [0.05, 0.1) is 17.9 Å². The van der Waals surface area contributed by atoms with Crippen molar-refractivity contribution in [2.24, 2.45) is 23.3 Å². The molecule has 6 rings (SSSR count). The summed E-state index contributed by atoms with van der Waals surface area (Å²) in [6, 6.07) is 14.4. The number of para-hydroxylation sites is 2. The van der Waals surface area contributed by atoms with Crippen LogP contribution in [0, 0.1) is 11.8 Å². The van der Waals surface area contributed by atoms with Crippen molar-refractivity contribution in [2.75, 3.05) is 58.9 Å². The molecule has 0 aliphatic carbocycles. The first-order valence-corrected chi connectivity index (χ1v) is 30.7. The molecule has 27 heteroatoms. The maximum Gasteiger partial charge on any atom is 3.00 e. The Kier molecular flexibility index (Phi) is 29.7. The zero-order valence-electron chi connectivity index (χ0n) is 52.2. The van der Waals surface area contributed by atoms with Crippen molar-refractivity contribution in [3.63, 3.8) is 0 Å². The van der Waals surface area contributed by atoms with E-state index in [0.717, 1.165) is 21.8 Å². The van der Waals surface area contributed by atoms with Gasteiger partial charge in [-0.3, -0.25) is 48.3 Å². The number of benzene rings is 3. The third kappa shape index (κ3) is 23.6. The molecule has 0 bridgehead atoms. The Morgan fingerprint density at radius 3 is 1.38 bits per heavy atom. The van der Waals surface area contributed by atoms with Crippen LogP contribution in [0.2, 0.25) is 0 Å². The van der Waals surface area contributed by atoms with E-state index in [9.17, 15) is 53.7 Å². The third-order valence-electron chi connectivity index (χ3n) is 15.9. The average molecular weight is 1310 g/mol. The number of primary amides is 1. The molecule has 488 valence electrons. The predicted molar refractivity (Wildman–Crippen MR) is 335 cm³/mol. The van der Waals surface area contributed by atoms with Gasteiger partial charge in [0.1, 0.15) is 36.3 Å². The monoisotopic (exact) mass is 1310 g/mol. The van der Waals surface area contributed by atoms with E-state index in [-0.39, 0.29) is 122 Å². The van der Waals surface area contributed by atoms with Crippen LogP contribution in [-0.2, 0) is 67.2 Å². The molecule has 1 aliphatic rings. The van der Waals surface area contributed by atoms with Crippen LogP contribution in [0.5, 0.6) is 0 Å². The number of nitrogens with one attached hydrogen (secondary N) is 8. The van der Waals surface area contributed by atoms with Gasteiger partial charge < -0.3 is 83.0 Å². The Hall–Kier alpha value is -8.08. The van der Waals surface area contributed by atoms with Gasteiger partial charge in [-0.05, 0) is 85.7 Å². The van der Waals surface area contributed by atoms with Crippen molar-refractivity contribution >= 4 is 101 Å². The number of carboxylic acids is 3. The molecule has 5 aromatic rings. The summed E-state index contributed by atoms with van der Waals surface area (Å²) in [4.78, 5) is 147. The van der Waals surface area contributed by atoms with Crippen LogP contribution in [0.1, 0.15) is 89.3 Å². The fourth-order valence-electron chi connectivity index (χ4n) is 11.2. The predicted octanol–water partition coefficient (Wildman–Crippen LogP) is -2.77. The summed E-state index contributed by atoms with van der Waals surface area (Å²) < 4.78 is 0. The number of aliphatic carboxylic acids is 3. The molecule has 1 saturated heterocycles. The number of carboxylic acid groups (broad SMARTS) is 3. The van der Waals surface area contributed by atoms with Crippen molar-refractivity contribution in [1.29, 1.82) is 0 Å². The summed E-state index contributed by atoms with van der Waals surface area (Å²) in [5.41, 5.74) is 14.9. The molecule has 1 aliphatic heterocycles. The molecule has 91 heavy (non-hydrogen) atoms. The molecule has 3 heterocycles. The molecule has 0 saturated carbocycles. The third-order valence-corrected chi connectivity index (χ3v) is 15.9. The number of unbranched alkanes of at least 4 members (excludes halogenated alkanes) is 1. The number of carbonyl (C=O) groups excluding carboxylic acids is 10. The van der Waals surface area contributed by atoms with Crippen molar-refractivity contribution in [2.45, 2.75) is 134 Å². The number of carbonyl (C=O) groups is 10. The van der Waals surface area contributed by atoms with E-state index in [2.05, 4.69) is 41.9 Å². The second-order valence-corrected chi connectivity index (χ2v) is 23.9. The Labute approximate surface area is 542 Å². The number of nitrogens with two attached hydrogens (primary N) is 2. The molecular formula is C64H86GaN13O13. The van der Waals surface area contributed by atoms with E-state index >= 15 is 9.59 Å². The molecule has 1 fully saturated rings. The first kappa shape index (κ1) is 73.7. The molecule has 12 N–H and O–H groups in total. The first-order valence-electron chi connectivity index (χ1n) is 30.7. The molecule has 0 spiro atoms. The number of H-pyrrole nitrogens is 2. The van der Waals surface area contributed by atoms with Gasteiger partial charge >= 0.3 is 19.8 Å². The quantitative estimate of drug-likeness (QED) is 0.0145. The summed E-state index contributed by atoms with van der Waals surface area (Å²) in [5.74, 6) is -9.68. The zero-order chi connectivity index (χ0) is 65.4. The molecule has 2 aromatic heterocycles. The van der Waals surface area contributed by atoms with E-state index in [4.69, 9.17) is 11.5 Å². The fraction of sp³-hybridized carbons (Fsp3) is 0.500. The average Bonchev–Trinajstić information content (AvgIpc) is 2.02. The van der Waals surface area contributed by atoms with Gasteiger partial charge in [0, 0.05) is 118 Å². The van der Waals surface area contributed by atoms with Crippen molar-refractivity contribution in [3.05, 3.63) is 108 Å². The van der Waals surface area contributed by atoms with Crippen molar-refractivity contribution in [3.8, 4) is 0 Å². The van der Waals surface area contributed by atoms with E-state index in [1.807, 2.05) is 70.2 Å². The Morgan fingerprint density at radius 1 is 0.505 bits per heavy atom. The van der Waals surface area contributed by atoms with Gasteiger partial charge in [-0.25, -0.2) is 0 Å². The summed E-state index contributed by atoms with van der Waals surface area (Å²) in [6.07, 6.45) is 3.56. The molecule has 26 nitrogen and oxygen atoms in total. The molecule has 7 atom stereocenters. The summed E-state index contributed by atoms with van der Waals surface area (Å²) >= 11 is 0. The smallest absolute Gasteiger partial charge is 0.549 e. The molecular weight excluding hydrogens is 1230 g/mol. The van der Waals surface area contributed by atoms with Gasteiger partial charge in [-0.15, -0.1) is 0 Å². The second kappa shape index (κ2) is 36.7. The molecule has 7 amide bonds. The first-order chi connectivity index (χ1) is 43.0. The van der Waals surface area contributed by atoms with Gasteiger partial charge in [0.2, 0.25) is 41.4 Å². The molecule has 0 radical (unpaired) electrons. The Bertz CT molecular complexity index is 3220. The second-order valence-electron chi connectivity index (χ2n) is 23.9. The van der Waals surface area contributed by atoms with E-state index in [0.29, 0.717) is 29.5 Å². The van der Waals surface area contributed by atoms with E-state index in [1.165, 1.54) is 14.7 Å². The Morgan fingerprint density at radius 2 is 0.923 bits per heavy atom. The summed E-state index contributed by atoms with van der Waals surface area (Å²) in [5, 5.41) is 54.3. The number of aromatic amines is 2. The van der Waals surface area contributed by atoms with Crippen LogP contribution in [0.15, 0.2) is 91.3 Å². The van der Waals surface area contributed by atoms with Gasteiger partial charge in [0.25, 0.3) is 0 Å². The summed E-state index contributed by atoms with van der Waals surface area (Å²) in [6.45, 7) is 7.20. The molecule has 1 unspecified atom stereocenters. The van der Waals surface area contributed by atoms with Crippen LogP contribution in [0.4, 0.5) is 0 Å². The number of hydrogen-bond acceptors (Lipinski definition) is 17. The SMILES string of the molecule is CC(C)C[C@H](NC(=O)[C@H](CC(C)C)NC(=O)[C@@H](Cc1c[nH]c2ccccc12)NC(=O)[C@H](Cc1ccccc1)NC(=O)[C@@H](Cc1c[nH]c2ccccc12)NC(=O)[C@H](CCCCN)NC(=O)CCC(C(=O)[O-])N1CCN(CC(=O)[O-])CCN(CC(=O)[O-])CC1)C(N)=O.[68Ga+3]. The molecule has 3 aromatic carbocycles. The van der Waals surface area contributed by atoms with Crippen LogP contribution in [-0.4, -0.2) is 205 Å². The van der Waals surface area contributed by atoms with Crippen molar-refractivity contribution < 1.29 is 63.3 Å². The largest absolute Gasteiger partial charge is 3.00 e. The van der Waals surface area contributed by atoms with Gasteiger partial charge in [-0.1, -0.05) is 94.4 Å². The topological polar surface area (TPSA) is 405 Å². The maximum absolute atomic E-state index is 15.2. The van der Waals surface area contributed by atoms with Crippen molar-refractivity contribution in [1.82, 2.24) is 56.6 Å². The normalized spacial score (nSPS) is 15.7. The minimum Gasteiger partial charge on any atom is -0.549 e. The number of amides is 7. The van der Waals surface area contributed by atoms with Crippen LogP contribution in [0.3, 0.4) is 0 Å². The standard InChI is InChI=1S/C64H89N13O13.Ga/c1-39(2)30-49(58(66)83)70-60(85)50(31-40(3)4)71-62(87)53(34-43-36-68-47-19-11-9-17-45(43)47)74-61(86)51(32-41-14-6-5-7-15-41)72-63(88)52(33-42-35-67-46-18-10-8-16-44(42)46)73-59(84)48(20-12-13-23-65)69-55(78)22-21-54(64(89)90)77-28-26-75(37-56(79)80)24-25-76(27-29-77)38-57(81)82;/h5-11,14-19,35-36,39-40,48-54,67-68H,12-13,20-34,37-38,65H2,1-4H3,(H2,66,83)(H,69,78)(H,70,85)(H,71,87)(H,72,88)(H,73,84)(H,74,86)(H,79,80)(H,81,82)(H,89,90);/q;+3/p-3/t48-,49-,50-,51-,52+,53+,54?;/m0./s1/i;1-2.